The monoisotopic (exact) mass is 458 g/mol. The number of piperidine rings is 1. The summed E-state index contributed by atoms with van der Waals surface area (Å²) in [4.78, 5) is 19.3. The van der Waals surface area contributed by atoms with Crippen LogP contribution in [-0.4, -0.2) is 48.4 Å². The molecule has 0 bridgehead atoms. The van der Waals surface area contributed by atoms with Crippen molar-refractivity contribution >= 4 is 34.4 Å². The summed E-state index contributed by atoms with van der Waals surface area (Å²) >= 11 is 0. The molecular formula is C21H21F3N8O. The molecule has 1 fully saturated rings. The number of hydrogen-bond donors (Lipinski definition) is 1. The van der Waals surface area contributed by atoms with Crippen molar-refractivity contribution in [2.45, 2.75) is 32.5 Å². The molecule has 0 unspecified atom stereocenters. The van der Waals surface area contributed by atoms with Crippen molar-refractivity contribution < 1.29 is 18.0 Å². The van der Waals surface area contributed by atoms with Crippen LogP contribution in [0, 0.1) is 5.92 Å². The van der Waals surface area contributed by atoms with Crippen LogP contribution in [0.1, 0.15) is 25.6 Å². The lowest BCUT2D eigenvalue weighted by atomic mass is 9.96. The Morgan fingerprint density at radius 1 is 1.12 bits per heavy atom. The maximum Gasteiger partial charge on any atom is 0.453 e. The van der Waals surface area contributed by atoms with Gasteiger partial charge in [0.15, 0.2) is 5.65 Å². The van der Waals surface area contributed by atoms with Crippen LogP contribution in [0.2, 0.25) is 0 Å². The fourth-order valence-corrected chi connectivity index (χ4v) is 4.20. The van der Waals surface area contributed by atoms with Crippen molar-refractivity contribution in [3.8, 4) is 0 Å². The lowest BCUT2D eigenvalue weighted by molar-refractivity contribution is -0.146. The zero-order valence-corrected chi connectivity index (χ0v) is 17.7. The van der Waals surface area contributed by atoms with Gasteiger partial charge in [0.25, 0.3) is 5.82 Å². The lowest BCUT2D eigenvalue weighted by Crippen LogP contribution is -2.39. The highest BCUT2D eigenvalue weighted by Gasteiger charge is 2.38. The third-order valence-corrected chi connectivity index (χ3v) is 5.90. The van der Waals surface area contributed by atoms with Crippen LogP contribution in [0.4, 0.5) is 24.9 Å². The predicted molar refractivity (Wildman–Crippen MR) is 115 cm³/mol. The van der Waals surface area contributed by atoms with Crippen molar-refractivity contribution in [1.29, 1.82) is 0 Å². The third-order valence-electron chi connectivity index (χ3n) is 5.90. The Kier molecular flexibility index (Phi) is 5.14. The number of anilines is 2. The first kappa shape index (κ1) is 21.2. The number of carbonyl (C=O) groups excluding carboxylic acids is 1. The Bertz CT molecular complexity index is 1320. The highest BCUT2D eigenvalue weighted by molar-refractivity contribution is 5.93. The minimum Gasteiger partial charge on any atom is -0.355 e. The van der Waals surface area contributed by atoms with Crippen molar-refractivity contribution in [3.05, 3.63) is 42.2 Å². The first-order chi connectivity index (χ1) is 15.8. The highest BCUT2D eigenvalue weighted by Crippen LogP contribution is 2.29. The van der Waals surface area contributed by atoms with Crippen LogP contribution in [0.5, 0.6) is 0 Å². The molecule has 172 valence electrons. The minimum absolute atomic E-state index is 0.0270. The molecule has 1 N–H and O–H groups in total. The summed E-state index contributed by atoms with van der Waals surface area (Å²) < 4.78 is 42.1. The molecule has 1 aliphatic heterocycles. The van der Waals surface area contributed by atoms with E-state index in [0.29, 0.717) is 48.8 Å². The fourth-order valence-electron chi connectivity index (χ4n) is 4.20. The Labute approximate surface area is 186 Å². The lowest BCUT2D eigenvalue weighted by Gasteiger charge is -2.32. The molecule has 1 saturated heterocycles. The Hall–Kier alpha value is -3.70. The number of aromatic nitrogens is 6. The van der Waals surface area contributed by atoms with Crippen molar-refractivity contribution in [2.75, 3.05) is 23.3 Å². The number of alkyl halides is 3. The Morgan fingerprint density at radius 2 is 1.88 bits per heavy atom. The van der Waals surface area contributed by atoms with Gasteiger partial charge in [-0.05, 0) is 44.0 Å². The fraction of sp³-hybridized carbons (Fsp3) is 0.381. The summed E-state index contributed by atoms with van der Waals surface area (Å²) in [5, 5.41) is 13.8. The number of benzene rings is 1. The Balaban J connectivity index is 1.28. The van der Waals surface area contributed by atoms with Gasteiger partial charge in [0.1, 0.15) is 5.82 Å². The minimum atomic E-state index is -4.65. The van der Waals surface area contributed by atoms with Crippen LogP contribution in [0.15, 0.2) is 36.4 Å². The molecule has 33 heavy (non-hydrogen) atoms. The summed E-state index contributed by atoms with van der Waals surface area (Å²) in [5.74, 6) is -0.589. The van der Waals surface area contributed by atoms with Gasteiger partial charge < -0.3 is 9.47 Å². The number of nitrogens with zero attached hydrogens (tertiary/aromatic N) is 7. The summed E-state index contributed by atoms with van der Waals surface area (Å²) in [6, 6.07) is 10.8. The maximum atomic E-state index is 13.1. The first-order valence-corrected chi connectivity index (χ1v) is 10.7. The number of hydrogen-bond acceptors (Lipinski definition) is 6. The van der Waals surface area contributed by atoms with E-state index in [0.717, 1.165) is 11.0 Å². The van der Waals surface area contributed by atoms with E-state index >= 15 is 0 Å². The van der Waals surface area contributed by atoms with Gasteiger partial charge in [-0.1, -0.05) is 12.1 Å². The molecule has 1 aliphatic rings. The second kappa shape index (κ2) is 8.01. The summed E-state index contributed by atoms with van der Waals surface area (Å²) in [5.41, 5.74) is 1.80. The van der Waals surface area contributed by atoms with Crippen LogP contribution in [0.3, 0.4) is 0 Å². The molecule has 4 heterocycles. The number of aryl methyl sites for hydroxylation is 1. The van der Waals surface area contributed by atoms with Crippen molar-refractivity contribution in [1.82, 2.24) is 29.4 Å². The molecular weight excluding hydrogens is 437 g/mol. The molecule has 0 radical (unpaired) electrons. The van der Waals surface area contributed by atoms with Gasteiger partial charge in [0.05, 0.1) is 11.0 Å². The quantitative estimate of drug-likeness (QED) is 0.504. The van der Waals surface area contributed by atoms with Crippen LogP contribution < -0.4 is 10.2 Å². The zero-order chi connectivity index (χ0) is 23.2. The second-order valence-electron chi connectivity index (χ2n) is 7.90. The number of carbonyl (C=O) groups is 1. The van der Waals surface area contributed by atoms with Crippen molar-refractivity contribution in [2.24, 2.45) is 5.92 Å². The van der Waals surface area contributed by atoms with Crippen molar-refractivity contribution in [3.63, 3.8) is 0 Å². The van der Waals surface area contributed by atoms with Crippen LogP contribution >= 0.6 is 0 Å². The molecule has 0 spiro atoms. The van der Waals surface area contributed by atoms with Crippen LogP contribution in [0.25, 0.3) is 16.7 Å². The van der Waals surface area contributed by atoms with Gasteiger partial charge in [0.2, 0.25) is 11.9 Å². The topological polar surface area (TPSA) is 93.2 Å². The van der Waals surface area contributed by atoms with E-state index in [1.165, 1.54) is 6.07 Å². The number of amides is 1. The molecule has 0 aliphatic carbocycles. The van der Waals surface area contributed by atoms with Gasteiger partial charge in [-0.25, -0.2) is 4.98 Å². The second-order valence-corrected chi connectivity index (χ2v) is 7.90. The van der Waals surface area contributed by atoms with E-state index in [1.54, 1.807) is 6.07 Å². The summed E-state index contributed by atoms with van der Waals surface area (Å²) in [7, 11) is 0. The predicted octanol–water partition coefficient (Wildman–Crippen LogP) is 3.37. The van der Waals surface area contributed by atoms with Gasteiger partial charge in [-0.3, -0.25) is 10.1 Å². The van der Waals surface area contributed by atoms with E-state index in [2.05, 4.69) is 25.6 Å². The number of para-hydroxylation sites is 2. The normalized spacial score (nSPS) is 15.5. The molecule has 9 nitrogen and oxygen atoms in total. The molecule has 12 heteroatoms. The molecule has 3 aromatic heterocycles. The molecule has 4 aromatic rings. The Morgan fingerprint density at radius 3 is 2.61 bits per heavy atom. The highest BCUT2D eigenvalue weighted by atomic mass is 19.4. The average Bonchev–Trinajstić information content (AvgIpc) is 3.39. The average molecular weight is 458 g/mol. The zero-order valence-electron chi connectivity index (χ0n) is 17.7. The van der Waals surface area contributed by atoms with E-state index < -0.39 is 12.0 Å². The smallest absolute Gasteiger partial charge is 0.355 e. The largest absolute Gasteiger partial charge is 0.453 e. The molecule has 5 rings (SSSR count). The molecule has 0 atom stereocenters. The van der Waals surface area contributed by atoms with E-state index in [4.69, 9.17) is 0 Å². The van der Waals surface area contributed by atoms with E-state index in [9.17, 15) is 18.0 Å². The number of fused-ring (bicyclic) bond motifs is 2. The number of rotatable bonds is 4. The summed E-state index contributed by atoms with van der Waals surface area (Å²) in [6.45, 7) is 3.65. The standard InChI is InChI=1S/C21H21F3N8O/c1-2-31-15-6-4-3-5-14(15)25-20(31)26-18(33)13-9-11-30(12-10-13)17-8-7-16-27-28-19(21(22,23)24)32(16)29-17/h3-8,13H,2,9-12H2,1H3,(H,25,26,33). The number of nitrogens with one attached hydrogen (secondary N) is 1. The molecule has 1 aromatic carbocycles. The van der Waals surface area contributed by atoms with E-state index in [1.807, 2.05) is 40.7 Å². The van der Waals surface area contributed by atoms with Gasteiger partial charge in [-0.2, -0.15) is 17.7 Å². The number of imidazole rings is 1. The van der Waals surface area contributed by atoms with Crippen LogP contribution in [-0.2, 0) is 17.5 Å². The third kappa shape index (κ3) is 3.85. The SMILES string of the molecule is CCn1c(NC(=O)C2CCN(c3ccc4nnc(C(F)(F)F)n4n3)CC2)nc2ccccc21. The molecule has 1 amide bonds. The maximum absolute atomic E-state index is 13.1. The number of halogens is 3. The van der Waals surface area contributed by atoms with Gasteiger partial charge in [0, 0.05) is 25.6 Å². The van der Waals surface area contributed by atoms with Gasteiger partial charge in [-0.15, -0.1) is 15.3 Å². The first-order valence-electron chi connectivity index (χ1n) is 10.7. The summed E-state index contributed by atoms with van der Waals surface area (Å²) in [6.07, 6.45) is -3.55. The van der Waals surface area contributed by atoms with Gasteiger partial charge >= 0.3 is 6.18 Å². The van der Waals surface area contributed by atoms with E-state index in [-0.39, 0.29) is 17.5 Å². The molecule has 0 saturated carbocycles.